The van der Waals surface area contributed by atoms with E-state index >= 15 is 0 Å². The first kappa shape index (κ1) is 19.0. The zero-order valence-corrected chi connectivity index (χ0v) is 17.1. The topological polar surface area (TPSA) is 51.3 Å². The Bertz CT molecular complexity index is 1190. The van der Waals surface area contributed by atoms with E-state index in [0.29, 0.717) is 0 Å². The van der Waals surface area contributed by atoms with Crippen molar-refractivity contribution in [2.24, 2.45) is 0 Å². The number of fused-ring (bicyclic) bond motifs is 1. The number of hydrogen-bond donors (Lipinski definition) is 1. The molecule has 148 valence electrons. The van der Waals surface area contributed by atoms with Crippen LogP contribution in [0.4, 0.5) is 5.69 Å². The molecular formula is C24H26N4O. The van der Waals surface area contributed by atoms with Gasteiger partial charge in [-0.05, 0) is 38.0 Å². The van der Waals surface area contributed by atoms with Gasteiger partial charge in [-0.3, -0.25) is 9.36 Å². The van der Waals surface area contributed by atoms with Crippen LogP contribution in [0.2, 0.25) is 0 Å². The Morgan fingerprint density at radius 1 is 1.07 bits per heavy atom. The maximum atomic E-state index is 12.4. The molecule has 1 unspecified atom stereocenters. The third-order valence-corrected chi connectivity index (χ3v) is 5.39. The fraction of sp³-hybridized carbons (Fsp3) is 0.250. The summed E-state index contributed by atoms with van der Waals surface area (Å²) in [7, 11) is 0. The summed E-state index contributed by atoms with van der Waals surface area (Å²) in [5, 5.41) is 3.71. The maximum absolute atomic E-state index is 12.4. The van der Waals surface area contributed by atoms with Crippen molar-refractivity contribution < 1.29 is 0 Å². The summed E-state index contributed by atoms with van der Waals surface area (Å²) in [5.41, 5.74) is 5.86. The Balaban J connectivity index is 1.87. The molecule has 0 fully saturated rings. The number of imidazole rings is 1. The van der Waals surface area contributed by atoms with E-state index in [9.17, 15) is 4.79 Å². The van der Waals surface area contributed by atoms with Gasteiger partial charge in [0.05, 0.1) is 23.1 Å². The summed E-state index contributed by atoms with van der Waals surface area (Å²) in [6, 6.07) is 17.9. The molecule has 1 atom stereocenters. The van der Waals surface area contributed by atoms with E-state index in [1.807, 2.05) is 31.3 Å². The summed E-state index contributed by atoms with van der Waals surface area (Å²) in [4.78, 5) is 17.2. The average molecular weight is 386 g/mol. The highest BCUT2D eigenvalue weighted by atomic mass is 16.1. The number of pyridine rings is 2. The monoisotopic (exact) mass is 386 g/mol. The Kier molecular flexibility index (Phi) is 5.21. The van der Waals surface area contributed by atoms with Crippen molar-refractivity contribution in [3.63, 3.8) is 0 Å². The summed E-state index contributed by atoms with van der Waals surface area (Å²) in [5.74, 6) is 0. The van der Waals surface area contributed by atoms with Gasteiger partial charge in [0, 0.05) is 24.2 Å². The van der Waals surface area contributed by atoms with Gasteiger partial charge in [-0.25, -0.2) is 4.98 Å². The molecule has 0 amide bonds. The molecule has 0 spiro atoms. The molecule has 3 heterocycles. The molecular weight excluding hydrogens is 360 g/mol. The second-order valence-electron chi connectivity index (χ2n) is 7.39. The normalized spacial score (nSPS) is 12.2. The van der Waals surface area contributed by atoms with E-state index in [-0.39, 0.29) is 11.6 Å². The van der Waals surface area contributed by atoms with Crippen molar-refractivity contribution in [2.45, 2.75) is 39.7 Å². The zero-order chi connectivity index (χ0) is 20.4. The van der Waals surface area contributed by atoms with Gasteiger partial charge >= 0.3 is 0 Å². The molecule has 0 aliphatic carbocycles. The Morgan fingerprint density at radius 2 is 1.83 bits per heavy atom. The fourth-order valence-corrected chi connectivity index (χ4v) is 3.72. The lowest BCUT2D eigenvalue weighted by atomic mass is 10.0. The molecule has 1 N–H and O–H groups in total. The van der Waals surface area contributed by atoms with Gasteiger partial charge in [0.15, 0.2) is 5.65 Å². The molecule has 0 saturated carbocycles. The molecule has 3 aromatic heterocycles. The SMILES string of the molecule is CCCC(Nc1cc(-n2ccccc2=O)cn2c(C)c(C)nc12)c1ccccc1. The first-order valence-electron chi connectivity index (χ1n) is 10.1. The highest BCUT2D eigenvalue weighted by Crippen LogP contribution is 2.29. The van der Waals surface area contributed by atoms with Gasteiger partial charge in [-0.15, -0.1) is 0 Å². The summed E-state index contributed by atoms with van der Waals surface area (Å²) in [6.07, 6.45) is 5.85. The summed E-state index contributed by atoms with van der Waals surface area (Å²) < 4.78 is 3.73. The van der Waals surface area contributed by atoms with Crippen LogP contribution in [0.3, 0.4) is 0 Å². The molecule has 0 aliphatic heterocycles. The zero-order valence-electron chi connectivity index (χ0n) is 17.1. The van der Waals surface area contributed by atoms with Crippen molar-refractivity contribution in [1.82, 2.24) is 14.0 Å². The third-order valence-electron chi connectivity index (χ3n) is 5.39. The molecule has 0 aliphatic rings. The van der Waals surface area contributed by atoms with Gasteiger partial charge < -0.3 is 9.72 Å². The van der Waals surface area contributed by atoms with Gasteiger partial charge in [0.25, 0.3) is 5.56 Å². The molecule has 5 heteroatoms. The molecule has 0 bridgehead atoms. The molecule has 5 nitrogen and oxygen atoms in total. The van der Waals surface area contributed by atoms with Crippen molar-refractivity contribution in [1.29, 1.82) is 0 Å². The number of rotatable bonds is 6. The van der Waals surface area contributed by atoms with E-state index in [0.717, 1.165) is 41.3 Å². The molecule has 29 heavy (non-hydrogen) atoms. The maximum Gasteiger partial charge on any atom is 0.255 e. The van der Waals surface area contributed by atoms with Gasteiger partial charge in [-0.1, -0.05) is 49.7 Å². The van der Waals surface area contributed by atoms with Crippen LogP contribution in [0.5, 0.6) is 0 Å². The van der Waals surface area contributed by atoms with Crippen LogP contribution in [0.15, 0.2) is 71.8 Å². The Hall–Kier alpha value is -3.34. The quantitative estimate of drug-likeness (QED) is 0.504. The van der Waals surface area contributed by atoms with Crippen LogP contribution in [0.1, 0.15) is 42.8 Å². The smallest absolute Gasteiger partial charge is 0.255 e. The number of aromatic nitrogens is 3. The van der Waals surface area contributed by atoms with Crippen LogP contribution in [0.25, 0.3) is 11.3 Å². The minimum atomic E-state index is -0.0551. The number of anilines is 1. The second-order valence-corrected chi connectivity index (χ2v) is 7.39. The van der Waals surface area contributed by atoms with Crippen LogP contribution in [0, 0.1) is 13.8 Å². The van der Waals surface area contributed by atoms with Crippen molar-refractivity contribution >= 4 is 11.3 Å². The highest BCUT2D eigenvalue weighted by molar-refractivity contribution is 5.72. The molecule has 4 aromatic rings. The molecule has 0 saturated heterocycles. The minimum Gasteiger partial charge on any atom is -0.375 e. The fourth-order valence-electron chi connectivity index (χ4n) is 3.72. The number of hydrogen-bond acceptors (Lipinski definition) is 3. The Labute approximate surface area is 170 Å². The third kappa shape index (κ3) is 3.68. The van der Waals surface area contributed by atoms with Crippen LogP contribution < -0.4 is 10.9 Å². The van der Waals surface area contributed by atoms with Crippen molar-refractivity contribution in [2.75, 3.05) is 5.32 Å². The summed E-state index contributed by atoms with van der Waals surface area (Å²) in [6.45, 7) is 6.26. The highest BCUT2D eigenvalue weighted by Gasteiger charge is 2.16. The minimum absolute atomic E-state index is 0.0551. The van der Waals surface area contributed by atoms with E-state index in [1.54, 1.807) is 22.9 Å². The second kappa shape index (κ2) is 7.95. The van der Waals surface area contributed by atoms with Gasteiger partial charge in [-0.2, -0.15) is 0 Å². The first-order chi connectivity index (χ1) is 14.1. The lowest BCUT2D eigenvalue weighted by Crippen LogP contribution is -2.17. The van der Waals surface area contributed by atoms with Crippen molar-refractivity contribution in [3.05, 3.63) is 94.3 Å². The molecule has 1 aromatic carbocycles. The average Bonchev–Trinajstić information content (AvgIpc) is 3.03. The number of aryl methyl sites for hydroxylation is 2. The van der Waals surface area contributed by atoms with E-state index in [2.05, 4.69) is 47.8 Å². The standard InChI is InChI=1S/C24H26N4O/c1-4-10-21(19-11-6-5-7-12-19)26-22-15-20(27-14-9-8-13-23(27)29)16-28-18(3)17(2)25-24(22)28/h5-9,11-16,21,26H,4,10H2,1-3H3. The first-order valence-corrected chi connectivity index (χ1v) is 10.1. The summed E-state index contributed by atoms with van der Waals surface area (Å²) >= 11 is 0. The number of benzene rings is 1. The van der Waals surface area contributed by atoms with Crippen LogP contribution in [-0.4, -0.2) is 14.0 Å². The lowest BCUT2D eigenvalue weighted by molar-refractivity contribution is 0.677. The van der Waals surface area contributed by atoms with Gasteiger partial charge in [0.1, 0.15) is 0 Å². The predicted molar refractivity (Wildman–Crippen MR) is 118 cm³/mol. The Morgan fingerprint density at radius 3 is 2.55 bits per heavy atom. The predicted octanol–water partition coefficient (Wildman–Crippen LogP) is 5.06. The van der Waals surface area contributed by atoms with Crippen LogP contribution >= 0.6 is 0 Å². The largest absolute Gasteiger partial charge is 0.375 e. The van der Waals surface area contributed by atoms with Crippen molar-refractivity contribution in [3.8, 4) is 5.69 Å². The molecule has 4 rings (SSSR count). The number of nitrogens with zero attached hydrogens (tertiary/aromatic N) is 3. The van der Waals surface area contributed by atoms with E-state index in [1.165, 1.54) is 5.56 Å². The van der Waals surface area contributed by atoms with Crippen LogP contribution in [-0.2, 0) is 0 Å². The molecule has 0 radical (unpaired) electrons. The van der Waals surface area contributed by atoms with Gasteiger partial charge in [0.2, 0.25) is 0 Å². The number of nitrogens with one attached hydrogen (secondary N) is 1. The van der Waals surface area contributed by atoms with E-state index in [4.69, 9.17) is 4.98 Å². The van der Waals surface area contributed by atoms with E-state index < -0.39 is 0 Å². The lowest BCUT2D eigenvalue weighted by Gasteiger charge is -2.21.